The van der Waals surface area contributed by atoms with Gasteiger partial charge in [-0.1, -0.05) is 6.07 Å². The van der Waals surface area contributed by atoms with Crippen molar-refractivity contribution in [3.8, 4) is 0 Å². The van der Waals surface area contributed by atoms with E-state index in [4.69, 9.17) is 0 Å². The lowest BCUT2D eigenvalue weighted by Gasteiger charge is -2.27. The van der Waals surface area contributed by atoms with Crippen molar-refractivity contribution in [3.63, 3.8) is 0 Å². The van der Waals surface area contributed by atoms with Crippen molar-refractivity contribution < 1.29 is 12.8 Å². The number of sulfone groups is 1. The molecule has 1 fully saturated rings. The fraction of sp³-hybridized carbons (Fsp3) is 0.400. The Labute approximate surface area is 139 Å². The molecule has 2 heterocycles. The van der Waals surface area contributed by atoms with Gasteiger partial charge < -0.3 is 10.2 Å². The lowest BCUT2D eigenvalue weighted by atomic mass is 10.2. The first-order chi connectivity index (χ1) is 11.5. The molecule has 0 bridgehead atoms. The molecule has 128 valence electrons. The van der Waals surface area contributed by atoms with E-state index in [9.17, 15) is 12.8 Å². The zero-order valence-corrected chi connectivity index (χ0v) is 14.0. The van der Waals surface area contributed by atoms with Gasteiger partial charge in [-0.3, -0.25) is 0 Å². The van der Waals surface area contributed by atoms with E-state index in [1.165, 1.54) is 18.3 Å². The molecule has 9 heteroatoms. The molecule has 1 aliphatic heterocycles. The van der Waals surface area contributed by atoms with Crippen LogP contribution in [0.2, 0.25) is 0 Å². The molecular formula is C15H18FN5O2S. The number of anilines is 3. The maximum atomic E-state index is 13.2. The van der Waals surface area contributed by atoms with Gasteiger partial charge >= 0.3 is 0 Å². The van der Waals surface area contributed by atoms with Gasteiger partial charge in [0.05, 0.1) is 17.7 Å². The lowest BCUT2D eigenvalue weighted by Crippen LogP contribution is -2.37. The van der Waals surface area contributed by atoms with Crippen molar-refractivity contribution in [3.05, 3.63) is 36.3 Å². The van der Waals surface area contributed by atoms with Gasteiger partial charge in [0.1, 0.15) is 5.82 Å². The summed E-state index contributed by atoms with van der Waals surface area (Å²) >= 11 is 0. The molecule has 0 aliphatic carbocycles. The van der Waals surface area contributed by atoms with E-state index in [2.05, 4.69) is 20.5 Å². The smallest absolute Gasteiger partial charge is 0.249 e. The first-order valence-electron chi connectivity index (χ1n) is 7.66. The van der Waals surface area contributed by atoms with Gasteiger partial charge in [-0.2, -0.15) is 10.1 Å². The predicted molar refractivity (Wildman–Crippen MR) is 89.6 cm³/mol. The summed E-state index contributed by atoms with van der Waals surface area (Å²) in [4.78, 5) is 6.30. The maximum Gasteiger partial charge on any atom is 0.249 e. The summed E-state index contributed by atoms with van der Waals surface area (Å²) < 4.78 is 36.7. The SMILES string of the molecule is CCN(c1cnnc(Nc2cccc(F)c2)n1)C1CCS(=O)(=O)C1. The second kappa shape index (κ2) is 6.68. The number of nitrogens with zero attached hydrogens (tertiary/aromatic N) is 4. The first kappa shape index (κ1) is 16.6. The Morgan fingerprint density at radius 1 is 1.42 bits per heavy atom. The number of hydrogen-bond acceptors (Lipinski definition) is 7. The van der Waals surface area contributed by atoms with Crippen LogP contribution in [-0.2, 0) is 9.84 Å². The van der Waals surface area contributed by atoms with Gasteiger partial charge in [0.2, 0.25) is 5.95 Å². The van der Waals surface area contributed by atoms with E-state index in [1.54, 1.807) is 12.1 Å². The van der Waals surface area contributed by atoms with Crippen LogP contribution in [0, 0.1) is 5.82 Å². The van der Waals surface area contributed by atoms with Gasteiger partial charge in [0.25, 0.3) is 0 Å². The van der Waals surface area contributed by atoms with E-state index in [-0.39, 0.29) is 29.3 Å². The second-order valence-electron chi connectivity index (χ2n) is 5.62. The van der Waals surface area contributed by atoms with Crippen molar-refractivity contribution in [2.24, 2.45) is 0 Å². The van der Waals surface area contributed by atoms with Crippen molar-refractivity contribution in [1.29, 1.82) is 0 Å². The summed E-state index contributed by atoms with van der Waals surface area (Å²) in [6.45, 7) is 2.55. The zero-order chi connectivity index (χ0) is 17.2. The third-order valence-corrected chi connectivity index (χ3v) is 5.66. The van der Waals surface area contributed by atoms with Crippen LogP contribution in [0.4, 0.5) is 21.8 Å². The summed E-state index contributed by atoms with van der Waals surface area (Å²) in [6.07, 6.45) is 2.08. The standard InChI is InChI=1S/C15H18FN5O2S/c1-2-21(13-6-7-24(22,23)10-13)14-9-17-20-15(19-14)18-12-5-3-4-11(16)8-12/h3-5,8-9,13H,2,6-7,10H2,1H3,(H,18,19,20). The van der Waals surface area contributed by atoms with E-state index in [0.717, 1.165) is 0 Å². The molecule has 0 radical (unpaired) electrons. The van der Waals surface area contributed by atoms with Crippen molar-refractivity contribution >= 4 is 27.3 Å². The molecule has 7 nitrogen and oxygen atoms in total. The minimum atomic E-state index is -2.98. The number of hydrogen-bond donors (Lipinski definition) is 1. The molecule has 1 aromatic carbocycles. The number of nitrogens with one attached hydrogen (secondary N) is 1. The van der Waals surface area contributed by atoms with Crippen LogP contribution >= 0.6 is 0 Å². The van der Waals surface area contributed by atoms with Crippen molar-refractivity contribution in [2.75, 3.05) is 28.3 Å². The van der Waals surface area contributed by atoms with Gasteiger partial charge in [0, 0.05) is 18.3 Å². The Hall–Kier alpha value is -2.29. The van der Waals surface area contributed by atoms with Crippen LogP contribution in [0.15, 0.2) is 30.5 Å². The highest BCUT2D eigenvalue weighted by molar-refractivity contribution is 7.91. The summed E-state index contributed by atoms with van der Waals surface area (Å²) in [5.41, 5.74) is 0.514. The minimum Gasteiger partial charge on any atom is -0.351 e. The molecule has 1 aromatic heterocycles. The number of halogens is 1. The summed E-state index contributed by atoms with van der Waals surface area (Å²) in [6, 6.07) is 5.84. The van der Waals surface area contributed by atoms with Gasteiger partial charge in [0.15, 0.2) is 15.7 Å². The monoisotopic (exact) mass is 351 g/mol. The number of rotatable bonds is 5. The molecule has 1 unspecified atom stereocenters. The molecule has 1 atom stereocenters. The van der Waals surface area contributed by atoms with Crippen LogP contribution in [-0.4, -0.2) is 47.7 Å². The van der Waals surface area contributed by atoms with Gasteiger partial charge in [-0.05, 0) is 31.5 Å². The Kier molecular flexibility index (Phi) is 4.61. The molecule has 0 amide bonds. The van der Waals surface area contributed by atoms with Gasteiger partial charge in [-0.25, -0.2) is 12.8 Å². The predicted octanol–water partition coefficient (Wildman–Crippen LogP) is 1.77. The minimum absolute atomic E-state index is 0.112. The molecule has 3 rings (SSSR count). The largest absolute Gasteiger partial charge is 0.351 e. The van der Waals surface area contributed by atoms with E-state index in [0.29, 0.717) is 24.5 Å². The summed E-state index contributed by atoms with van der Waals surface area (Å²) in [5.74, 6) is 0.736. The Morgan fingerprint density at radius 3 is 2.92 bits per heavy atom. The molecule has 2 aromatic rings. The summed E-state index contributed by atoms with van der Waals surface area (Å²) in [7, 11) is -2.98. The molecule has 1 aliphatic rings. The molecule has 0 spiro atoms. The van der Waals surface area contributed by atoms with E-state index in [1.807, 2.05) is 11.8 Å². The highest BCUT2D eigenvalue weighted by Gasteiger charge is 2.32. The van der Waals surface area contributed by atoms with Crippen LogP contribution < -0.4 is 10.2 Å². The molecule has 24 heavy (non-hydrogen) atoms. The molecule has 1 saturated heterocycles. The Bertz CT molecular complexity index is 830. The van der Waals surface area contributed by atoms with E-state index >= 15 is 0 Å². The van der Waals surface area contributed by atoms with Crippen LogP contribution in [0.25, 0.3) is 0 Å². The maximum absolute atomic E-state index is 13.2. The number of benzene rings is 1. The topological polar surface area (TPSA) is 88.1 Å². The Morgan fingerprint density at radius 2 is 2.25 bits per heavy atom. The zero-order valence-electron chi connectivity index (χ0n) is 13.2. The third kappa shape index (κ3) is 3.78. The average Bonchev–Trinajstić information content (AvgIpc) is 2.88. The van der Waals surface area contributed by atoms with Crippen LogP contribution in [0.1, 0.15) is 13.3 Å². The highest BCUT2D eigenvalue weighted by atomic mass is 32.2. The quantitative estimate of drug-likeness (QED) is 0.878. The fourth-order valence-corrected chi connectivity index (χ4v) is 4.54. The van der Waals surface area contributed by atoms with Crippen molar-refractivity contribution in [2.45, 2.75) is 19.4 Å². The first-order valence-corrected chi connectivity index (χ1v) is 9.48. The average molecular weight is 351 g/mol. The highest BCUT2D eigenvalue weighted by Crippen LogP contribution is 2.23. The number of aromatic nitrogens is 3. The second-order valence-corrected chi connectivity index (χ2v) is 7.85. The van der Waals surface area contributed by atoms with Crippen LogP contribution in [0.3, 0.4) is 0 Å². The Balaban J connectivity index is 1.81. The molecule has 1 N–H and O–H groups in total. The molecular weight excluding hydrogens is 333 g/mol. The van der Waals surface area contributed by atoms with Crippen LogP contribution in [0.5, 0.6) is 0 Å². The fourth-order valence-electron chi connectivity index (χ4n) is 2.81. The molecule has 0 saturated carbocycles. The summed E-state index contributed by atoms with van der Waals surface area (Å²) in [5, 5.41) is 10.7. The van der Waals surface area contributed by atoms with Gasteiger partial charge in [-0.15, -0.1) is 5.10 Å². The van der Waals surface area contributed by atoms with E-state index < -0.39 is 9.84 Å². The normalized spacial score (nSPS) is 19.2. The third-order valence-electron chi connectivity index (χ3n) is 3.91. The van der Waals surface area contributed by atoms with Crippen molar-refractivity contribution in [1.82, 2.24) is 15.2 Å². The lowest BCUT2D eigenvalue weighted by molar-refractivity contribution is 0.599.